The molecule has 0 amide bonds. The normalized spacial score (nSPS) is 14.0. The number of hydrogen-bond donors (Lipinski definition) is 0. The summed E-state index contributed by atoms with van der Waals surface area (Å²) in [7, 11) is 0. The van der Waals surface area contributed by atoms with Crippen LogP contribution >= 0.6 is 0 Å². The molecule has 1 aliphatic heterocycles. The molecule has 3 aromatic rings. The lowest BCUT2D eigenvalue weighted by Crippen LogP contribution is -2.25. The second kappa shape index (κ2) is 9.19. The predicted molar refractivity (Wildman–Crippen MR) is 136 cm³/mol. The number of ketones is 2. The minimum Gasteiger partial charge on any atom is -0.371 e. The van der Waals surface area contributed by atoms with Crippen LogP contribution < -0.4 is 4.90 Å². The first-order valence-electron chi connectivity index (χ1n) is 12.1. The van der Waals surface area contributed by atoms with Crippen LogP contribution in [0.3, 0.4) is 0 Å². The van der Waals surface area contributed by atoms with E-state index in [0.29, 0.717) is 11.3 Å². The maximum absolute atomic E-state index is 13.4. The highest BCUT2D eigenvalue weighted by molar-refractivity contribution is 6.64. The van der Waals surface area contributed by atoms with Gasteiger partial charge in [0.25, 0.3) is 5.78 Å². The topological polar surface area (TPSA) is 31.6 Å². The lowest BCUT2D eigenvalue weighted by Gasteiger charge is -2.24. The van der Waals surface area contributed by atoms with E-state index < -0.39 is 0 Å². The molecule has 0 spiro atoms. The van der Waals surface area contributed by atoms with Gasteiger partial charge < -0.3 is 4.90 Å². The summed E-state index contributed by atoms with van der Waals surface area (Å²) in [6.45, 7) is 6.53. The summed E-state index contributed by atoms with van der Waals surface area (Å²) < 4.78 is 6.31. The van der Waals surface area contributed by atoms with Crippen molar-refractivity contribution < 1.29 is 9.22 Å². The van der Waals surface area contributed by atoms with E-state index in [1.54, 1.807) is 0 Å². The number of nitrogens with zero attached hydrogens (tertiary/aromatic N) is 1. The van der Waals surface area contributed by atoms with Crippen LogP contribution in [0.1, 0.15) is 66.6 Å². The van der Waals surface area contributed by atoms with Crippen LogP contribution in [0.25, 0.3) is 11.1 Å². The summed E-state index contributed by atoms with van der Waals surface area (Å²) in [5.41, 5.74) is 6.93. The Labute approximate surface area is 196 Å². The van der Waals surface area contributed by atoms with Gasteiger partial charge in [-0.2, -0.15) is 0 Å². The highest BCUT2D eigenvalue weighted by atomic mass is 16.4. The average molecular weight is 437 g/mol. The number of hydrogen-bond acceptors (Lipinski definition) is 2. The molecule has 0 unspecified atom stereocenters. The fourth-order valence-corrected chi connectivity index (χ4v) is 4.82. The molecule has 0 radical (unpaired) electrons. The van der Waals surface area contributed by atoms with Crippen molar-refractivity contribution in [2.24, 2.45) is 0 Å². The molecule has 0 atom stereocenters. The minimum atomic E-state index is -0.0353. The zero-order chi connectivity index (χ0) is 22.8. The molecule has 166 valence electrons. The van der Waals surface area contributed by atoms with Crippen molar-refractivity contribution in [3.63, 3.8) is 0 Å². The number of anilines is 1. The second-order valence-corrected chi connectivity index (χ2v) is 8.80. The summed E-state index contributed by atoms with van der Waals surface area (Å²) in [4.78, 5) is 15.9. The monoisotopic (exact) mass is 436 g/mol. The number of rotatable bonds is 8. The molecule has 0 saturated heterocycles. The molecule has 3 nitrogen and oxygen atoms in total. The lowest BCUT2D eigenvalue weighted by molar-refractivity contribution is -0.359. The molecule has 0 N–H and O–H groups in total. The van der Waals surface area contributed by atoms with Crippen LogP contribution in [0, 0.1) is 0 Å². The number of Topliss-reactive ketones (excluding diaryl/α,β-unsaturated/α-hetero) is 1. The van der Waals surface area contributed by atoms with E-state index in [2.05, 4.69) is 49.1 Å². The summed E-state index contributed by atoms with van der Waals surface area (Å²) in [6, 6.07) is 24.6. The van der Waals surface area contributed by atoms with Crippen LogP contribution in [0.4, 0.5) is 5.69 Å². The molecule has 2 aliphatic rings. The summed E-state index contributed by atoms with van der Waals surface area (Å²) >= 11 is 0. The Hall–Kier alpha value is -3.46. The van der Waals surface area contributed by atoms with E-state index in [1.165, 1.54) is 18.5 Å². The van der Waals surface area contributed by atoms with E-state index in [-0.39, 0.29) is 5.78 Å². The van der Waals surface area contributed by atoms with Crippen LogP contribution in [0.15, 0.2) is 72.8 Å². The molecule has 0 saturated carbocycles. The van der Waals surface area contributed by atoms with Gasteiger partial charge in [-0.1, -0.05) is 81.3 Å². The first-order chi connectivity index (χ1) is 16.2. The third-order valence-corrected chi connectivity index (χ3v) is 6.56. The van der Waals surface area contributed by atoms with E-state index in [9.17, 15) is 4.79 Å². The van der Waals surface area contributed by atoms with Crippen molar-refractivity contribution in [3.8, 4) is 5.75 Å². The SMILES string of the molecule is CCCCN(CCCC)c1ccc2c(c1)[O+]=C1C(=O)c3ccccc3C(c3ccccc3)=C12. The van der Waals surface area contributed by atoms with Crippen LogP contribution in [-0.4, -0.2) is 24.7 Å². The first-order valence-corrected chi connectivity index (χ1v) is 12.1. The van der Waals surface area contributed by atoms with E-state index in [4.69, 9.17) is 4.42 Å². The maximum Gasteiger partial charge on any atom is 0.409 e. The molecule has 3 aromatic carbocycles. The standard InChI is InChI=1S/C30H30NO2/c1-3-5-18-31(19-6-4-2)22-16-17-25-26(20-22)33-30-28(25)27(21-12-8-7-9-13-21)23-14-10-11-15-24(23)29(30)32/h7-17,20H,3-6,18-19H2,1-2H3/q+1. The van der Waals surface area contributed by atoms with E-state index in [0.717, 1.165) is 59.5 Å². The van der Waals surface area contributed by atoms with Crippen molar-refractivity contribution in [1.29, 1.82) is 0 Å². The fourth-order valence-electron chi connectivity index (χ4n) is 4.82. The Bertz CT molecular complexity index is 1250. The molecule has 33 heavy (non-hydrogen) atoms. The Morgan fingerprint density at radius 3 is 2.09 bits per heavy atom. The fraction of sp³-hybridized carbons (Fsp3) is 0.267. The Balaban J connectivity index is 1.66. The van der Waals surface area contributed by atoms with Crippen molar-refractivity contribution in [1.82, 2.24) is 0 Å². The predicted octanol–water partition coefficient (Wildman–Crippen LogP) is 7.08. The minimum absolute atomic E-state index is 0.0353. The van der Waals surface area contributed by atoms with E-state index in [1.807, 2.05) is 42.5 Å². The molecule has 1 heterocycles. The van der Waals surface area contributed by atoms with Gasteiger partial charge >= 0.3 is 11.5 Å². The second-order valence-electron chi connectivity index (χ2n) is 8.80. The first kappa shape index (κ1) is 21.4. The molecule has 1 aliphatic carbocycles. The lowest BCUT2D eigenvalue weighted by atomic mass is 9.79. The summed E-state index contributed by atoms with van der Waals surface area (Å²) in [6.07, 6.45) is 4.66. The number of unbranched alkanes of at least 4 members (excludes halogenated alkanes) is 2. The smallest absolute Gasteiger partial charge is 0.371 e. The van der Waals surface area contributed by atoms with Gasteiger partial charge in [0.1, 0.15) is 5.57 Å². The summed E-state index contributed by atoms with van der Waals surface area (Å²) in [5.74, 6) is 1.20. The number of carbonyl (C=O) groups is 1. The number of carbonyl (C=O) groups excluding carboxylic acids is 2. The third kappa shape index (κ3) is 3.82. The number of fused-ring (bicyclic) bond motifs is 4. The van der Waals surface area contributed by atoms with Gasteiger partial charge in [0, 0.05) is 29.9 Å². The molecular formula is C30H30NO2+. The Morgan fingerprint density at radius 2 is 1.39 bits per heavy atom. The third-order valence-electron chi connectivity index (χ3n) is 6.56. The molecule has 3 heteroatoms. The van der Waals surface area contributed by atoms with Crippen molar-refractivity contribution in [2.45, 2.75) is 39.5 Å². The quantitative estimate of drug-likeness (QED) is 0.279. The van der Waals surface area contributed by atoms with Gasteiger partial charge in [-0.05, 0) is 36.1 Å². The molecule has 0 bridgehead atoms. The van der Waals surface area contributed by atoms with Gasteiger partial charge in [0.2, 0.25) is 0 Å². The molecule has 5 rings (SSSR count). The van der Waals surface area contributed by atoms with Gasteiger partial charge in [-0.3, -0.25) is 4.79 Å². The zero-order valence-electron chi connectivity index (χ0n) is 19.4. The van der Waals surface area contributed by atoms with Crippen LogP contribution in [0.5, 0.6) is 5.75 Å². The van der Waals surface area contributed by atoms with Crippen molar-refractivity contribution in [3.05, 3.63) is 95.1 Å². The number of allylic oxidation sites excluding steroid dienone is 1. The van der Waals surface area contributed by atoms with Crippen LogP contribution in [-0.2, 0) is 4.42 Å². The highest BCUT2D eigenvalue weighted by Gasteiger charge is 2.47. The zero-order valence-corrected chi connectivity index (χ0v) is 19.4. The van der Waals surface area contributed by atoms with Gasteiger partial charge in [-0.15, -0.1) is 0 Å². The van der Waals surface area contributed by atoms with Crippen LogP contribution in [0.2, 0.25) is 0 Å². The Kier molecular flexibility index (Phi) is 5.95. The maximum atomic E-state index is 13.4. The largest absolute Gasteiger partial charge is 0.409 e. The van der Waals surface area contributed by atoms with Gasteiger partial charge in [0.05, 0.1) is 11.6 Å². The molecule has 0 aromatic heterocycles. The van der Waals surface area contributed by atoms with Gasteiger partial charge in [-0.25, -0.2) is 4.42 Å². The van der Waals surface area contributed by atoms with E-state index >= 15 is 0 Å². The van der Waals surface area contributed by atoms with Gasteiger partial charge in [0.15, 0.2) is 0 Å². The van der Waals surface area contributed by atoms with Crippen molar-refractivity contribution in [2.75, 3.05) is 18.0 Å². The molecular weight excluding hydrogens is 406 g/mol. The molecule has 0 fully saturated rings. The van der Waals surface area contributed by atoms with Crippen molar-refractivity contribution >= 4 is 28.4 Å². The number of benzene rings is 3. The Morgan fingerprint density at radius 1 is 0.727 bits per heavy atom. The highest BCUT2D eigenvalue weighted by Crippen LogP contribution is 2.46. The average Bonchev–Trinajstić information content (AvgIpc) is 3.24. The summed E-state index contributed by atoms with van der Waals surface area (Å²) in [5, 5.41) is 0.